The van der Waals surface area contributed by atoms with Gasteiger partial charge in [-0.15, -0.1) is 0 Å². The lowest BCUT2D eigenvalue weighted by atomic mass is 9.92. The molecule has 45 heavy (non-hydrogen) atoms. The molecule has 0 aliphatic rings. The molecule has 238 valence electrons. The van der Waals surface area contributed by atoms with Gasteiger partial charge in [0, 0.05) is 29.9 Å². The number of hydrogen-bond acceptors (Lipinski definition) is 2. The van der Waals surface area contributed by atoms with Crippen LogP contribution in [0.15, 0.2) is 0 Å². The third-order valence-electron chi connectivity index (χ3n) is 10.9. The molecule has 0 unspecified atom stereocenters. The third-order valence-corrected chi connectivity index (χ3v) is 10.9. The van der Waals surface area contributed by atoms with E-state index < -0.39 is 0 Å². The molecule has 2 heterocycles. The Morgan fingerprint density at radius 1 is 0.578 bits per heavy atom. The van der Waals surface area contributed by atoms with Gasteiger partial charge in [-0.2, -0.15) is 0 Å². The SMILES string of the molecule is CCn1c(-c2c(C)c(C)c(OC)c(C)c2C)nc2c(C)c(C)c(C)c(C)c21.[C-]#[N+]c1c(C)c(C)c2c(c1C)c(C)c(C)n2CC. The Labute approximate surface area is 271 Å². The second-order valence-electron chi connectivity index (χ2n) is 12.8. The number of benzene rings is 3. The predicted octanol–water partition coefficient (Wildman–Crippen LogP) is 11.0. The molecule has 0 atom stereocenters. The van der Waals surface area contributed by atoms with Crippen molar-refractivity contribution in [3.8, 4) is 17.1 Å². The number of methoxy groups -OCH3 is 1. The minimum atomic E-state index is 0.830. The molecular formula is C40H52N4O. The number of nitrogens with zero attached hydrogens (tertiary/aromatic N) is 4. The molecule has 5 rings (SSSR count). The van der Waals surface area contributed by atoms with Crippen LogP contribution >= 0.6 is 0 Å². The normalized spacial score (nSPS) is 11.3. The molecule has 0 saturated carbocycles. The van der Waals surface area contributed by atoms with Gasteiger partial charge in [-0.1, -0.05) is 0 Å². The lowest BCUT2D eigenvalue weighted by molar-refractivity contribution is 0.408. The Hall–Kier alpha value is -4.04. The van der Waals surface area contributed by atoms with Crippen molar-refractivity contribution in [2.24, 2.45) is 0 Å². The van der Waals surface area contributed by atoms with E-state index in [0.717, 1.165) is 47.0 Å². The fourth-order valence-electron chi connectivity index (χ4n) is 7.46. The van der Waals surface area contributed by atoms with Crippen LogP contribution < -0.4 is 4.74 Å². The maximum absolute atomic E-state index is 7.39. The van der Waals surface area contributed by atoms with Crippen LogP contribution in [0.2, 0.25) is 0 Å². The summed E-state index contributed by atoms with van der Waals surface area (Å²) in [5.74, 6) is 2.07. The van der Waals surface area contributed by atoms with Gasteiger partial charge >= 0.3 is 0 Å². The molecule has 5 aromatic rings. The average Bonchev–Trinajstić information content (AvgIpc) is 3.52. The molecule has 5 nitrogen and oxygen atoms in total. The molecular weight excluding hydrogens is 552 g/mol. The van der Waals surface area contributed by atoms with Gasteiger partial charge < -0.3 is 13.9 Å². The van der Waals surface area contributed by atoms with Gasteiger partial charge in [-0.25, -0.2) is 9.83 Å². The van der Waals surface area contributed by atoms with Crippen molar-refractivity contribution in [1.82, 2.24) is 14.1 Å². The maximum Gasteiger partial charge on any atom is 0.194 e. The second kappa shape index (κ2) is 12.4. The van der Waals surface area contributed by atoms with Crippen molar-refractivity contribution in [2.75, 3.05) is 7.11 Å². The zero-order valence-corrected chi connectivity index (χ0v) is 30.6. The van der Waals surface area contributed by atoms with Crippen molar-refractivity contribution in [3.63, 3.8) is 0 Å². The molecule has 0 radical (unpaired) electrons. The predicted molar refractivity (Wildman–Crippen MR) is 193 cm³/mol. The van der Waals surface area contributed by atoms with Crippen LogP contribution in [0.25, 0.3) is 38.2 Å². The van der Waals surface area contributed by atoms with Crippen LogP contribution in [-0.4, -0.2) is 21.2 Å². The van der Waals surface area contributed by atoms with Crippen LogP contribution in [0, 0.1) is 96.6 Å². The summed E-state index contributed by atoms with van der Waals surface area (Å²) in [6.45, 7) is 41.8. The number of aromatic nitrogens is 3. The molecule has 0 amide bonds. The van der Waals surface area contributed by atoms with E-state index in [4.69, 9.17) is 16.3 Å². The molecule has 0 fully saturated rings. The zero-order chi connectivity index (χ0) is 33.8. The van der Waals surface area contributed by atoms with Crippen molar-refractivity contribution in [1.29, 1.82) is 0 Å². The summed E-state index contributed by atoms with van der Waals surface area (Å²) in [4.78, 5) is 8.92. The highest BCUT2D eigenvalue weighted by atomic mass is 16.5. The number of hydrogen-bond donors (Lipinski definition) is 0. The number of ether oxygens (including phenoxy) is 1. The number of fused-ring (bicyclic) bond motifs is 2. The monoisotopic (exact) mass is 604 g/mol. The number of imidazole rings is 1. The summed E-state index contributed by atoms with van der Waals surface area (Å²) in [5, 5.41) is 1.28. The summed E-state index contributed by atoms with van der Waals surface area (Å²) >= 11 is 0. The first kappa shape index (κ1) is 33.8. The minimum absolute atomic E-state index is 0.830. The Balaban J connectivity index is 0.000000222. The van der Waals surface area contributed by atoms with Crippen LogP contribution in [0.3, 0.4) is 0 Å². The first-order valence-electron chi connectivity index (χ1n) is 16.2. The van der Waals surface area contributed by atoms with E-state index in [1.165, 1.54) is 83.3 Å². The third kappa shape index (κ3) is 4.94. The molecule has 0 aliphatic heterocycles. The lowest BCUT2D eigenvalue weighted by Crippen LogP contribution is -2.05. The molecule has 0 saturated heterocycles. The van der Waals surface area contributed by atoms with E-state index in [1.54, 1.807) is 7.11 Å². The van der Waals surface area contributed by atoms with Crippen molar-refractivity contribution in [3.05, 3.63) is 83.9 Å². The van der Waals surface area contributed by atoms with Crippen molar-refractivity contribution >= 4 is 27.6 Å². The van der Waals surface area contributed by atoms with E-state index in [9.17, 15) is 0 Å². The molecule has 5 heteroatoms. The first-order chi connectivity index (χ1) is 21.1. The Morgan fingerprint density at radius 3 is 1.58 bits per heavy atom. The quantitative estimate of drug-likeness (QED) is 0.191. The standard InChI is InChI=1S/C24H32N2O.C16H20N2/c1-11-26-22-17(7)13(3)12(2)16(6)21(22)25-24(26)20-14(4)18(8)23(27-10)19(9)15(20)5;1-8-18-13(6)11(4)14-12(5)15(17-7)9(2)10(3)16(14)18/h11H2,1-10H3;8H2,1-6H3. The van der Waals surface area contributed by atoms with E-state index in [0.29, 0.717) is 0 Å². The highest BCUT2D eigenvalue weighted by molar-refractivity contribution is 5.96. The summed E-state index contributed by atoms with van der Waals surface area (Å²) in [7, 11) is 1.76. The molecule has 0 bridgehead atoms. The number of aryl methyl sites for hydroxylation is 7. The van der Waals surface area contributed by atoms with Crippen LogP contribution in [0.5, 0.6) is 5.75 Å². The van der Waals surface area contributed by atoms with Gasteiger partial charge in [-0.05, 0) is 176 Å². The Bertz CT molecular complexity index is 2010. The van der Waals surface area contributed by atoms with Gasteiger partial charge in [0.05, 0.1) is 24.7 Å². The minimum Gasteiger partial charge on any atom is -0.496 e. The first-order valence-corrected chi connectivity index (χ1v) is 16.2. The van der Waals surface area contributed by atoms with Gasteiger partial charge in [0.15, 0.2) is 5.69 Å². The van der Waals surface area contributed by atoms with Gasteiger partial charge in [0.2, 0.25) is 0 Å². The van der Waals surface area contributed by atoms with Gasteiger partial charge in [0.25, 0.3) is 0 Å². The second-order valence-corrected chi connectivity index (χ2v) is 12.8. The van der Waals surface area contributed by atoms with Gasteiger partial charge in [0.1, 0.15) is 11.6 Å². The Kier molecular flexibility index (Phi) is 9.32. The van der Waals surface area contributed by atoms with Crippen molar-refractivity contribution in [2.45, 2.75) is 117 Å². The smallest absolute Gasteiger partial charge is 0.194 e. The molecule has 0 aliphatic carbocycles. The highest BCUT2D eigenvalue weighted by Crippen LogP contribution is 2.41. The summed E-state index contributed by atoms with van der Waals surface area (Å²) < 4.78 is 10.4. The van der Waals surface area contributed by atoms with E-state index in [1.807, 2.05) is 0 Å². The summed E-state index contributed by atoms with van der Waals surface area (Å²) in [6, 6.07) is 0. The van der Waals surface area contributed by atoms with Gasteiger partial charge in [-0.3, -0.25) is 0 Å². The fraction of sp³-hybridized carbons (Fsp3) is 0.450. The maximum atomic E-state index is 7.39. The van der Waals surface area contributed by atoms with E-state index in [2.05, 4.69) is 118 Å². The summed E-state index contributed by atoms with van der Waals surface area (Å²) in [5.41, 5.74) is 22.2. The van der Waals surface area contributed by atoms with Crippen LogP contribution in [0.4, 0.5) is 5.69 Å². The molecule has 0 spiro atoms. The van der Waals surface area contributed by atoms with Crippen LogP contribution in [0.1, 0.15) is 86.3 Å². The van der Waals surface area contributed by atoms with E-state index in [-0.39, 0.29) is 0 Å². The number of rotatable bonds is 4. The lowest BCUT2D eigenvalue weighted by Gasteiger charge is -2.20. The van der Waals surface area contributed by atoms with Crippen LogP contribution in [-0.2, 0) is 13.1 Å². The largest absolute Gasteiger partial charge is 0.496 e. The Morgan fingerprint density at radius 2 is 1.09 bits per heavy atom. The highest BCUT2D eigenvalue weighted by Gasteiger charge is 2.24. The van der Waals surface area contributed by atoms with E-state index >= 15 is 0 Å². The molecule has 0 N–H and O–H groups in total. The fourth-order valence-corrected chi connectivity index (χ4v) is 7.46. The molecule has 2 aromatic heterocycles. The molecule has 3 aromatic carbocycles. The van der Waals surface area contributed by atoms with Crippen molar-refractivity contribution < 1.29 is 4.74 Å². The summed E-state index contributed by atoms with van der Waals surface area (Å²) in [6.07, 6.45) is 0. The average molecular weight is 605 g/mol. The topological polar surface area (TPSA) is 36.3 Å². The zero-order valence-electron chi connectivity index (χ0n) is 30.6.